The molecule has 6 heteroatoms. The lowest BCUT2D eigenvalue weighted by atomic mass is 10.0. The van der Waals surface area contributed by atoms with Gasteiger partial charge in [-0.2, -0.15) is 0 Å². The second-order valence-corrected chi connectivity index (χ2v) is 7.00. The first-order valence-corrected chi connectivity index (χ1v) is 9.59. The van der Waals surface area contributed by atoms with Crippen molar-refractivity contribution in [2.45, 2.75) is 0 Å². The average Bonchev–Trinajstić information content (AvgIpc) is 2.75. The van der Waals surface area contributed by atoms with Crippen molar-refractivity contribution in [3.05, 3.63) is 106 Å². The molecule has 0 aliphatic rings. The maximum atomic E-state index is 12.1. The Balaban J connectivity index is 1.72. The number of halogens is 2. The molecule has 0 aliphatic carbocycles. The summed E-state index contributed by atoms with van der Waals surface area (Å²) in [6.07, 6.45) is 0. The molecule has 0 saturated carbocycles. The van der Waals surface area contributed by atoms with E-state index in [1.165, 1.54) is 0 Å². The highest BCUT2D eigenvalue weighted by Crippen LogP contribution is 2.17. The van der Waals surface area contributed by atoms with Crippen molar-refractivity contribution in [2.75, 3.05) is 13.2 Å². The fourth-order valence-corrected chi connectivity index (χ4v) is 2.86. The van der Waals surface area contributed by atoms with Gasteiger partial charge < -0.3 is 4.74 Å². The van der Waals surface area contributed by atoms with Gasteiger partial charge in [0.15, 0.2) is 12.4 Å². The highest BCUT2D eigenvalue weighted by atomic mass is 35.5. The van der Waals surface area contributed by atoms with Crippen molar-refractivity contribution in [3.8, 4) is 0 Å². The number of hydrogen-bond donors (Lipinski definition) is 0. The number of ketones is 1. The number of carbonyl (C=O) groups is 2. The van der Waals surface area contributed by atoms with Gasteiger partial charge in [-0.25, -0.2) is 0 Å². The van der Waals surface area contributed by atoms with Crippen molar-refractivity contribution >= 4 is 40.7 Å². The third kappa shape index (κ3) is 6.01. The summed E-state index contributed by atoms with van der Waals surface area (Å²) in [4.78, 5) is 28.6. The van der Waals surface area contributed by atoms with Crippen LogP contribution in [0.15, 0.2) is 83.9 Å². The van der Waals surface area contributed by atoms with Gasteiger partial charge in [0, 0.05) is 26.7 Å². The standard InChI is InChI=1S/C23H17Cl2NO3/c24-19-10-6-17(7-11-19)23(18-8-12-20(25)13-9-18)26-14-22(28)29-15-21(27)16-4-2-1-3-5-16/h1-13H,14-15H2. The van der Waals surface area contributed by atoms with Crippen LogP contribution in [0.5, 0.6) is 0 Å². The van der Waals surface area contributed by atoms with Gasteiger partial charge in [0.2, 0.25) is 0 Å². The third-order valence-electron chi connectivity index (χ3n) is 4.06. The summed E-state index contributed by atoms with van der Waals surface area (Å²) in [6.45, 7) is -0.543. The van der Waals surface area contributed by atoms with E-state index in [0.717, 1.165) is 11.1 Å². The molecule has 29 heavy (non-hydrogen) atoms. The molecule has 0 amide bonds. The Morgan fingerprint density at radius 3 is 1.76 bits per heavy atom. The van der Waals surface area contributed by atoms with Crippen LogP contribution in [-0.2, 0) is 9.53 Å². The van der Waals surface area contributed by atoms with E-state index >= 15 is 0 Å². The van der Waals surface area contributed by atoms with Crippen molar-refractivity contribution in [1.82, 2.24) is 0 Å². The summed E-state index contributed by atoms with van der Waals surface area (Å²) >= 11 is 11.9. The molecule has 0 radical (unpaired) electrons. The molecule has 4 nitrogen and oxygen atoms in total. The summed E-state index contributed by atoms with van der Waals surface area (Å²) < 4.78 is 5.08. The lowest BCUT2D eigenvalue weighted by Crippen LogP contribution is -2.17. The number of rotatable bonds is 7. The first-order chi connectivity index (χ1) is 14.0. The van der Waals surface area contributed by atoms with Crippen molar-refractivity contribution in [2.24, 2.45) is 4.99 Å². The highest BCUT2D eigenvalue weighted by molar-refractivity contribution is 6.31. The molecule has 0 bridgehead atoms. The van der Waals surface area contributed by atoms with Gasteiger partial charge in [0.05, 0.1) is 5.71 Å². The first-order valence-electron chi connectivity index (χ1n) is 8.83. The van der Waals surface area contributed by atoms with E-state index in [1.807, 2.05) is 30.3 Å². The van der Waals surface area contributed by atoms with Crippen LogP contribution in [0.1, 0.15) is 21.5 Å². The number of carbonyl (C=O) groups excluding carboxylic acids is 2. The molecule has 0 aromatic heterocycles. The molecule has 0 atom stereocenters. The monoisotopic (exact) mass is 425 g/mol. The van der Waals surface area contributed by atoms with Gasteiger partial charge >= 0.3 is 5.97 Å². The summed E-state index contributed by atoms with van der Waals surface area (Å²) in [6, 6.07) is 22.9. The smallest absolute Gasteiger partial charge is 0.328 e. The minimum Gasteiger partial charge on any atom is -0.456 e. The van der Waals surface area contributed by atoms with E-state index in [2.05, 4.69) is 4.99 Å². The Hall–Kier alpha value is -2.95. The zero-order valence-corrected chi connectivity index (χ0v) is 16.9. The molecule has 0 spiro atoms. The highest BCUT2D eigenvalue weighted by Gasteiger charge is 2.12. The Morgan fingerprint density at radius 2 is 1.24 bits per heavy atom. The van der Waals surface area contributed by atoms with Crippen molar-refractivity contribution in [1.29, 1.82) is 0 Å². The van der Waals surface area contributed by atoms with Crippen LogP contribution in [0.25, 0.3) is 0 Å². The van der Waals surface area contributed by atoms with Crippen molar-refractivity contribution in [3.63, 3.8) is 0 Å². The lowest BCUT2D eigenvalue weighted by Gasteiger charge is -2.09. The van der Waals surface area contributed by atoms with Crippen LogP contribution in [0.3, 0.4) is 0 Å². The maximum Gasteiger partial charge on any atom is 0.328 e. The Labute approximate surface area is 178 Å². The van der Waals surface area contributed by atoms with E-state index in [9.17, 15) is 9.59 Å². The zero-order valence-electron chi connectivity index (χ0n) is 15.3. The molecule has 146 valence electrons. The van der Waals surface area contributed by atoms with E-state index in [-0.39, 0.29) is 18.9 Å². The molecular formula is C23H17Cl2NO3. The minimum atomic E-state index is -0.588. The molecule has 3 rings (SSSR count). The van der Waals surface area contributed by atoms with E-state index < -0.39 is 5.97 Å². The van der Waals surface area contributed by atoms with E-state index in [1.54, 1.807) is 48.5 Å². The minimum absolute atomic E-state index is 0.220. The summed E-state index contributed by atoms with van der Waals surface area (Å²) in [5.41, 5.74) is 2.69. The molecule has 0 heterocycles. The maximum absolute atomic E-state index is 12.1. The van der Waals surface area contributed by atoms with Gasteiger partial charge in [-0.3, -0.25) is 14.6 Å². The largest absolute Gasteiger partial charge is 0.456 e. The second-order valence-electron chi connectivity index (χ2n) is 6.13. The van der Waals surface area contributed by atoms with Crippen LogP contribution >= 0.6 is 23.2 Å². The number of esters is 1. The van der Waals surface area contributed by atoms with Crippen LogP contribution in [0.4, 0.5) is 0 Å². The lowest BCUT2D eigenvalue weighted by molar-refractivity contribution is -0.140. The molecular weight excluding hydrogens is 409 g/mol. The van der Waals surface area contributed by atoms with Crippen LogP contribution in [0.2, 0.25) is 10.0 Å². The number of hydrogen-bond acceptors (Lipinski definition) is 4. The predicted octanol–water partition coefficient (Wildman–Crippen LogP) is 5.26. The molecule has 3 aromatic rings. The summed E-state index contributed by atoms with van der Waals surface area (Å²) in [7, 11) is 0. The van der Waals surface area contributed by atoms with Crippen LogP contribution in [-0.4, -0.2) is 30.6 Å². The van der Waals surface area contributed by atoms with Crippen molar-refractivity contribution < 1.29 is 14.3 Å². The summed E-state index contributed by atoms with van der Waals surface area (Å²) in [5, 5.41) is 1.20. The fraction of sp³-hybridized carbons (Fsp3) is 0.0870. The SMILES string of the molecule is O=C(CN=C(c1ccc(Cl)cc1)c1ccc(Cl)cc1)OCC(=O)c1ccccc1. The molecule has 3 aromatic carbocycles. The molecule has 0 aliphatic heterocycles. The Bertz CT molecular complexity index is 967. The number of benzene rings is 3. The molecule has 0 N–H and O–H groups in total. The van der Waals surface area contributed by atoms with Gasteiger partial charge in [-0.05, 0) is 24.3 Å². The Morgan fingerprint density at radius 1 is 0.724 bits per heavy atom. The third-order valence-corrected chi connectivity index (χ3v) is 4.57. The zero-order chi connectivity index (χ0) is 20.6. The first kappa shape index (κ1) is 20.8. The second kappa shape index (κ2) is 10.0. The summed E-state index contributed by atoms with van der Waals surface area (Å²) in [5.74, 6) is -0.853. The Kier molecular flexibility index (Phi) is 7.17. The fourth-order valence-electron chi connectivity index (χ4n) is 2.61. The van der Waals surface area contributed by atoms with Gasteiger partial charge in [-0.15, -0.1) is 0 Å². The molecule has 0 unspecified atom stereocenters. The van der Waals surface area contributed by atoms with Crippen LogP contribution in [0, 0.1) is 0 Å². The quantitative estimate of drug-likeness (QED) is 0.294. The topological polar surface area (TPSA) is 55.7 Å². The van der Waals surface area contributed by atoms with Gasteiger partial charge in [0.25, 0.3) is 0 Å². The van der Waals surface area contributed by atoms with E-state index in [4.69, 9.17) is 27.9 Å². The predicted molar refractivity (Wildman–Crippen MR) is 115 cm³/mol. The normalized spacial score (nSPS) is 10.3. The molecule has 0 fully saturated rings. The number of aliphatic imine (C=N–C) groups is 1. The number of nitrogens with zero attached hydrogens (tertiary/aromatic N) is 1. The number of Topliss-reactive ketones (excluding diaryl/α,β-unsaturated/α-hetero) is 1. The average molecular weight is 426 g/mol. The molecule has 0 saturated heterocycles. The van der Waals surface area contributed by atoms with Gasteiger partial charge in [0.1, 0.15) is 6.54 Å². The van der Waals surface area contributed by atoms with Crippen LogP contribution < -0.4 is 0 Å². The number of ether oxygens (including phenoxy) is 1. The van der Waals surface area contributed by atoms with E-state index in [0.29, 0.717) is 21.3 Å². The van der Waals surface area contributed by atoms with Gasteiger partial charge in [-0.1, -0.05) is 77.8 Å².